The van der Waals surface area contributed by atoms with Crippen LogP contribution >= 0.6 is 11.6 Å². The Kier molecular flexibility index (Phi) is 6.38. The highest BCUT2D eigenvalue weighted by Gasteiger charge is 2.22. The van der Waals surface area contributed by atoms with Crippen molar-refractivity contribution in [3.63, 3.8) is 0 Å². The van der Waals surface area contributed by atoms with Crippen LogP contribution in [-0.2, 0) is 4.79 Å². The summed E-state index contributed by atoms with van der Waals surface area (Å²) in [6.07, 6.45) is 0.554. The third kappa shape index (κ3) is 5.39. The lowest BCUT2D eigenvalue weighted by atomic mass is 10.0. The van der Waals surface area contributed by atoms with E-state index in [2.05, 4.69) is 10.6 Å². The zero-order valence-electron chi connectivity index (χ0n) is 13.8. The lowest BCUT2D eigenvalue weighted by Gasteiger charge is -2.20. The number of halogens is 1. The third-order valence-corrected chi connectivity index (χ3v) is 3.73. The molecule has 0 spiro atoms. The number of amides is 2. The standard InChI is InChI=1S/C19H21ClN2O2/c1-13(2)12-17(19(24)21-16-6-4-3-5-7-16)22-18(23)14-8-10-15(20)11-9-14/h3-11,13,17H,12H2,1-2H3,(H,21,24)(H,22,23)/t17-/m0/s1. The van der Waals surface area contributed by atoms with E-state index in [1.165, 1.54) is 0 Å². The molecule has 0 bridgehead atoms. The molecule has 0 saturated carbocycles. The highest BCUT2D eigenvalue weighted by atomic mass is 35.5. The van der Waals surface area contributed by atoms with Crippen molar-refractivity contribution in [2.75, 3.05) is 5.32 Å². The fraction of sp³-hybridized carbons (Fsp3) is 0.263. The van der Waals surface area contributed by atoms with Gasteiger partial charge in [0, 0.05) is 16.3 Å². The number of hydrogen-bond donors (Lipinski definition) is 2. The Morgan fingerprint density at radius 2 is 1.62 bits per heavy atom. The number of para-hydroxylation sites is 1. The van der Waals surface area contributed by atoms with Crippen molar-refractivity contribution in [3.05, 3.63) is 65.2 Å². The maximum atomic E-state index is 12.5. The summed E-state index contributed by atoms with van der Waals surface area (Å²) in [6.45, 7) is 4.02. The molecule has 2 rings (SSSR count). The first-order valence-electron chi connectivity index (χ1n) is 7.88. The van der Waals surface area contributed by atoms with E-state index in [1.54, 1.807) is 24.3 Å². The first-order valence-corrected chi connectivity index (χ1v) is 8.26. The molecule has 0 aliphatic heterocycles. The molecule has 2 aromatic carbocycles. The van der Waals surface area contributed by atoms with Crippen molar-refractivity contribution >= 4 is 29.1 Å². The van der Waals surface area contributed by atoms with E-state index in [4.69, 9.17) is 11.6 Å². The number of rotatable bonds is 6. The minimum Gasteiger partial charge on any atom is -0.340 e. The predicted octanol–water partition coefficient (Wildman–Crippen LogP) is 4.12. The van der Waals surface area contributed by atoms with Gasteiger partial charge in [-0.25, -0.2) is 0 Å². The zero-order chi connectivity index (χ0) is 17.5. The van der Waals surface area contributed by atoms with Gasteiger partial charge in [-0.3, -0.25) is 9.59 Å². The van der Waals surface area contributed by atoms with Crippen LogP contribution in [0.5, 0.6) is 0 Å². The predicted molar refractivity (Wildman–Crippen MR) is 97.2 cm³/mol. The minimum atomic E-state index is -0.603. The second-order valence-electron chi connectivity index (χ2n) is 6.02. The summed E-state index contributed by atoms with van der Waals surface area (Å²) in [5.41, 5.74) is 1.18. The average molecular weight is 345 g/mol. The fourth-order valence-electron chi connectivity index (χ4n) is 2.30. The van der Waals surface area contributed by atoms with E-state index >= 15 is 0 Å². The first-order chi connectivity index (χ1) is 11.5. The van der Waals surface area contributed by atoms with Crippen molar-refractivity contribution < 1.29 is 9.59 Å². The maximum Gasteiger partial charge on any atom is 0.251 e. The Morgan fingerprint density at radius 1 is 1.00 bits per heavy atom. The van der Waals surface area contributed by atoms with Gasteiger partial charge >= 0.3 is 0 Å². The molecule has 0 aromatic heterocycles. The molecule has 0 unspecified atom stereocenters. The number of hydrogen-bond acceptors (Lipinski definition) is 2. The van der Waals surface area contributed by atoms with Crippen LogP contribution in [0.15, 0.2) is 54.6 Å². The molecule has 0 heterocycles. The van der Waals surface area contributed by atoms with Crippen LogP contribution in [0, 0.1) is 5.92 Å². The minimum absolute atomic E-state index is 0.225. The maximum absolute atomic E-state index is 12.5. The lowest BCUT2D eigenvalue weighted by molar-refractivity contribution is -0.118. The van der Waals surface area contributed by atoms with Crippen LogP contribution < -0.4 is 10.6 Å². The van der Waals surface area contributed by atoms with Gasteiger partial charge < -0.3 is 10.6 Å². The molecule has 126 valence electrons. The molecule has 0 aliphatic carbocycles. The Hall–Kier alpha value is -2.33. The molecule has 4 nitrogen and oxygen atoms in total. The lowest BCUT2D eigenvalue weighted by Crippen LogP contribution is -2.44. The summed E-state index contributed by atoms with van der Waals surface area (Å²) < 4.78 is 0. The van der Waals surface area contributed by atoms with E-state index in [1.807, 2.05) is 44.2 Å². The zero-order valence-corrected chi connectivity index (χ0v) is 14.5. The van der Waals surface area contributed by atoms with E-state index in [-0.39, 0.29) is 17.7 Å². The second kappa shape index (κ2) is 8.50. The van der Waals surface area contributed by atoms with Crippen LogP contribution in [0.25, 0.3) is 0 Å². The molecule has 0 aliphatic rings. The molecule has 2 aromatic rings. The Balaban J connectivity index is 2.08. The quantitative estimate of drug-likeness (QED) is 0.828. The summed E-state index contributed by atoms with van der Waals surface area (Å²) in [7, 11) is 0. The average Bonchev–Trinajstić information content (AvgIpc) is 2.55. The van der Waals surface area contributed by atoms with Gasteiger partial charge in [0.25, 0.3) is 5.91 Å². The van der Waals surface area contributed by atoms with Gasteiger partial charge in [-0.1, -0.05) is 43.6 Å². The summed E-state index contributed by atoms with van der Waals surface area (Å²) in [5.74, 6) is -0.250. The monoisotopic (exact) mass is 344 g/mol. The number of carbonyl (C=O) groups is 2. The molecule has 1 atom stereocenters. The Bertz CT molecular complexity index is 684. The highest BCUT2D eigenvalue weighted by molar-refractivity contribution is 6.30. The Morgan fingerprint density at radius 3 is 2.21 bits per heavy atom. The van der Waals surface area contributed by atoms with Crippen LogP contribution in [0.3, 0.4) is 0 Å². The fourth-order valence-corrected chi connectivity index (χ4v) is 2.42. The SMILES string of the molecule is CC(C)C[C@H](NC(=O)c1ccc(Cl)cc1)C(=O)Nc1ccccc1. The summed E-state index contributed by atoms with van der Waals surface area (Å²) in [6, 6.07) is 15.2. The van der Waals surface area contributed by atoms with Crippen LogP contribution in [-0.4, -0.2) is 17.9 Å². The van der Waals surface area contributed by atoms with E-state index < -0.39 is 6.04 Å². The number of anilines is 1. The van der Waals surface area contributed by atoms with Crippen molar-refractivity contribution in [2.45, 2.75) is 26.3 Å². The highest BCUT2D eigenvalue weighted by Crippen LogP contribution is 2.13. The molecule has 0 radical (unpaired) electrons. The molecule has 24 heavy (non-hydrogen) atoms. The van der Waals surface area contributed by atoms with Crippen molar-refractivity contribution in [1.29, 1.82) is 0 Å². The van der Waals surface area contributed by atoms with Gasteiger partial charge in [-0.15, -0.1) is 0 Å². The van der Waals surface area contributed by atoms with Crippen LogP contribution in [0.2, 0.25) is 5.02 Å². The third-order valence-electron chi connectivity index (χ3n) is 3.48. The molecule has 0 saturated heterocycles. The van der Waals surface area contributed by atoms with Gasteiger partial charge in [0.2, 0.25) is 5.91 Å². The second-order valence-corrected chi connectivity index (χ2v) is 6.45. The van der Waals surface area contributed by atoms with Gasteiger partial charge in [0.05, 0.1) is 0 Å². The molecular formula is C19H21ClN2O2. The van der Waals surface area contributed by atoms with Crippen LogP contribution in [0.1, 0.15) is 30.6 Å². The van der Waals surface area contributed by atoms with Crippen LogP contribution in [0.4, 0.5) is 5.69 Å². The smallest absolute Gasteiger partial charge is 0.251 e. The molecule has 5 heteroatoms. The van der Waals surface area contributed by atoms with Gasteiger partial charge in [0.15, 0.2) is 0 Å². The van der Waals surface area contributed by atoms with E-state index in [0.29, 0.717) is 22.7 Å². The van der Waals surface area contributed by atoms with Gasteiger partial charge in [-0.05, 0) is 48.7 Å². The van der Waals surface area contributed by atoms with Crippen molar-refractivity contribution in [2.24, 2.45) is 5.92 Å². The van der Waals surface area contributed by atoms with Crippen molar-refractivity contribution in [1.82, 2.24) is 5.32 Å². The normalized spacial score (nSPS) is 11.8. The van der Waals surface area contributed by atoms with E-state index in [9.17, 15) is 9.59 Å². The summed E-state index contributed by atoms with van der Waals surface area (Å²) >= 11 is 5.84. The topological polar surface area (TPSA) is 58.2 Å². The molecular weight excluding hydrogens is 324 g/mol. The summed E-state index contributed by atoms with van der Waals surface area (Å²) in [5, 5.41) is 6.21. The largest absolute Gasteiger partial charge is 0.340 e. The number of carbonyl (C=O) groups excluding carboxylic acids is 2. The number of benzene rings is 2. The molecule has 2 amide bonds. The molecule has 0 fully saturated rings. The molecule has 2 N–H and O–H groups in total. The van der Waals surface area contributed by atoms with E-state index in [0.717, 1.165) is 0 Å². The summed E-state index contributed by atoms with van der Waals surface area (Å²) in [4.78, 5) is 24.9. The van der Waals surface area contributed by atoms with Gasteiger partial charge in [-0.2, -0.15) is 0 Å². The van der Waals surface area contributed by atoms with Gasteiger partial charge in [0.1, 0.15) is 6.04 Å². The first kappa shape index (κ1) is 18.0. The van der Waals surface area contributed by atoms with Crippen molar-refractivity contribution in [3.8, 4) is 0 Å². The number of nitrogens with one attached hydrogen (secondary N) is 2. The Labute approximate surface area is 147 Å².